The predicted octanol–water partition coefficient (Wildman–Crippen LogP) is 2.18. The number of alkyl halides is 7. The van der Waals surface area contributed by atoms with Gasteiger partial charge in [0.15, 0.2) is 0 Å². The van der Waals surface area contributed by atoms with Crippen molar-refractivity contribution in [3.63, 3.8) is 0 Å². The van der Waals surface area contributed by atoms with Crippen molar-refractivity contribution < 1.29 is 30.7 Å². The fourth-order valence-corrected chi connectivity index (χ4v) is 1.01. The fraction of sp³-hybridized carbons (Fsp3) is 1.00. The maximum Gasteiger partial charge on any atom is 0.459 e. The van der Waals surface area contributed by atoms with Crippen molar-refractivity contribution in [2.75, 3.05) is 6.54 Å². The van der Waals surface area contributed by atoms with Crippen LogP contribution in [-0.2, 0) is 0 Å². The van der Waals surface area contributed by atoms with Crippen LogP contribution in [0.3, 0.4) is 0 Å². The Bertz CT molecular complexity index is 217. The zero-order valence-corrected chi connectivity index (χ0v) is 6.64. The van der Waals surface area contributed by atoms with Crippen LogP contribution in [0.5, 0.6) is 0 Å². The van der Waals surface area contributed by atoms with E-state index in [9.17, 15) is 30.7 Å². The first-order valence-corrected chi connectivity index (χ1v) is 3.66. The SMILES string of the molecule is FC(F)(F)C(F)(F)C(F)(F)[C@@H]1CCN1. The smallest absolute Gasteiger partial charge is 0.308 e. The van der Waals surface area contributed by atoms with Gasteiger partial charge < -0.3 is 5.32 Å². The van der Waals surface area contributed by atoms with E-state index in [1.54, 1.807) is 0 Å². The van der Waals surface area contributed by atoms with E-state index in [1.807, 2.05) is 5.32 Å². The van der Waals surface area contributed by atoms with Gasteiger partial charge in [-0.2, -0.15) is 30.7 Å². The molecule has 1 aliphatic heterocycles. The topological polar surface area (TPSA) is 12.0 Å². The monoisotopic (exact) mass is 225 g/mol. The molecule has 1 fully saturated rings. The molecule has 0 aromatic carbocycles. The van der Waals surface area contributed by atoms with Crippen molar-refractivity contribution in [2.45, 2.75) is 30.5 Å². The summed E-state index contributed by atoms with van der Waals surface area (Å²) in [6.45, 7) is 0.0220. The molecule has 0 saturated carbocycles. The minimum Gasteiger partial charge on any atom is -0.308 e. The largest absolute Gasteiger partial charge is 0.459 e. The molecular weight excluding hydrogens is 219 g/mol. The van der Waals surface area contributed by atoms with Gasteiger partial charge in [0, 0.05) is 0 Å². The molecule has 0 amide bonds. The number of hydrogen-bond acceptors (Lipinski definition) is 1. The zero-order chi connectivity index (χ0) is 11.2. The van der Waals surface area contributed by atoms with Gasteiger partial charge in [-0.1, -0.05) is 0 Å². The first kappa shape index (κ1) is 11.5. The third kappa shape index (κ3) is 1.45. The molecule has 0 spiro atoms. The maximum atomic E-state index is 12.6. The highest BCUT2D eigenvalue weighted by atomic mass is 19.4. The minimum absolute atomic E-state index is 0.0220. The van der Waals surface area contributed by atoms with Crippen LogP contribution in [0.4, 0.5) is 30.7 Å². The van der Waals surface area contributed by atoms with Gasteiger partial charge in [0.05, 0.1) is 6.04 Å². The maximum absolute atomic E-state index is 12.6. The third-order valence-electron chi connectivity index (χ3n) is 2.04. The summed E-state index contributed by atoms with van der Waals surface area (Å²) in [6.07, 6.45) is -6.62. The molecule has 0 aromatic rings. The lowest BCUT2D eigenvalue weighted by molar-refractivity contribution is -0.363. The van der Waals surface area contributed by atoms with Crippen molar-refractivity contribution in [1.82, 2.24) is 5.32 Å². The first-order valence-electron chi connectivity index (χ1n) is 3.66. The predicted molar refractivity (Wildman–Crippen MR) is 32.4 cm³/mol. The van der Waals surface area contributed by atoms with E-state index in [-0.39, 0.29) is 6.54 Å². The van der Waals surface area contributed by atoms with Crippen molar-refractivity contribution in [1.29, 1.82) is 0 Å². The molecule has 8 heteroatoms. The standard InChI is InChI=1S/C6H6F7N/c7-4(8,3-1-2-14-3)5(9,10)6(11,12)13/h3,14H,1-2H2/t3-/m0/s1. The second-order valence-electron chi connectivity index (χ2n) is 2.99. The van der Waals surface area contributed by atoms with E-state index in [0.717, 1.165) is 0 Å². The molecule has 1 saturated heterocycles. The third-order valence-corrected chi connectivity index (χ3v) is 2.04. The van der Waals surface area contributed by atoms with Crippen LogP contribution in [-0.4, -0.2) is 30.6 Å². The second-order valence-corrected chi connectivity index (χ2v) is 2.99. The lowest BCUT2D eigenvalue weighted by Crippen LogP contribution is -2.65. The summed E-state index contributed by atoms with van der Waals surface area (Å²) in [4.78, 5) is 0. The Morgan fingerprint density at radius 1 is 0.929 bits per heavy atom. The summed E-state index contributed by atoms with van der Waals surface area (Å²) < 4.78 is 84.5. The van der Waals surface area contributed by atoms with Crippen LogP contribution in [0.1, 0.15) is 6.42 Å². The van der Waals surface area contributed by atoms with Gasteiger partial charge in [-0.15, -0.1) is 0 Å². The molecule has 84 valence electrons. The second kappa shape index (κ2) is 2.98. The Balaban J connectivity index is 2.89. The van der Waals surface area contributed by atoms with Crippen LogP contribution in [0.15, 0.2) is 0 Å². The van der Waals surface area contributed by atoms with Crippen LogP contribution in [0.25, 0.3) is 0 Å². The van der Waals surface area contributed by atoms with Crippen molar-refractivity contribution in [3.05, 3.63) is 0 Å². The Morgan fingerprint density at radius 2 is 1.36 bits per heavy atom. The minimum atomic E-state index is -6.23. The molecule has 1 nitrogen and oxygen atoms in total. The van der Waals surface area contributed by atoms with Gasteiger partial charge in [0.1, 0.15) is 0 Å². The Morgan fingerprint density at radius 3 is 1.57 bits per heavy atom. The summed E-state index contributed by atoms with van der Waals surface area (Å²) >= 11 is 0. The highest BCUT2D eigenvalue weighted by Gasteiger charge is 2.75. The van der Waals surface area contributed by atoms with Gasteiger partial charge in [-0.3, -0.25) is 0 Å². The number of halogens is 7. The van der Waals surface area contributed by atoms with Gasteiger partial charge in [-0.05, 0) is 13.0 Å². The van der Waals surface area contributed by atoms with Crippen LogP contribution in [0, 0.1) is 0 Å². The lowest BCUT2D eigenvalue weighted by Gasteiger charge is -2.39. The summed E-state index contributed by atoms with van der Waals surface area (Å²) in [7, 11) is 0. The number of rotatable bonds is 2. The van der Waals surface area contributed by atoms with E-state index >= 15 is 0 Å². The van der Waals surface area contributed by atoms with Gasteiger partial charge in [-0.25, -0.2) is 0 Å². The van der Waals surface area contributed by atoms with E-state index in [2.05, 4.69) is 0 Å². The van der Waals surface area contributed by atoms with Crippen LogP contribution >= 0.6 is 0 Å². The van der Waals surface area contributed by atoms with Crippen molar-refractivity contribution in [2.24, 2.45) is 0 Å². The molecule has 0 bridgehead atoms. The van der Waals surface area contributed by atoms with E-state index in [1.165, 1.54) is 0 Å². The molecule has 1 heterocycles. The highest BCUT2D eigenvalue weighted by molar-refractivity contribution is 5.02. The fourth-order valence-electron chi connectivity index (χ4n) is 1.01. The molecule has 1 aliphatic rings. The van der Waals surface area contributed by atoms with Crippen LogP contribution < -0.4 is 5.32 Å². The van der Waals surface area contributed by atoms with Crippen molar-refractivity contribution >= 4 is 0 Å². The van der Waals surface area contributed by atoms with Crippen molar-refractivity contribution in [3.8, 4) is 0 Å². The number of nitrogens with one attached hydrogen (secondary N) is 1. The van der Waals surface area contributed by atoms with E-state index < -0.39 is 30.5 Å². The molecule has 1 N–H and O–H groups in total. The summed E-state index contributed by atoms with van der Waals surface area (Å²) in [5, 5.41) is 1.83. The molecular formula is C6H6F7N. The normalized spacial score (nSPS) is 24.6. The average molecular weight is 225 g/mol. The summed E-state index contributed by atoms with van der Waals surface area (Å²) in [5.41, 5.74) is 0. The van der Waals surface area contributed by atoms with Gasteiger partial charge in [0.25, 0.3) is 0 Å². The quantitative estimate of drug-likeness (QED) is 0.710. The highest BCUT2D eigenvalue weighted by Crippen LogP contribution is 2.49. The average Bonchev–Trinajstić information content (AvgIpc) is 1.78. The molecule has 14 heavy (non-hydrogen) atoms. The van der Waals surface area contributed by atoms with E-state index in [0.29, 0.717) is 0 Å². The first-order chi connectivity index (χ1) is 6.11. The molecule has 1 rings (SSSR count). The number of hydrogen-bond donors (Lipinski definition) is 1. The molecule has 0 aliphatic carbocycles. The summed E-state index contributed by atoms with van der Waals surface area (Å²) in [6, 6.07) is -2.10. The Hall–Kier alpha value is -0.530. The summed E-state index contributed by atoms with van der Waals surface area (Å²) in [5.74, 6) is -11.1. The molecule has 0 unspecified atom stereocenters. The zero-order valence-electron chi connectivity index (χ0n) is 6.64. The Kier molecular flexibility index (Phi) is 2.46. The van der Waals surface area contributed by atoms with E-state index in [4.69, 9.17) is 0 Å². The Labute approximate surface area is 74.3 Å². The van der Waals surface area contributed by atoms with Gasteiger partial charge >= 0.3 is 18.0 Å². The lowest BCUT2D eigenvalue weighted by atomic mass is 9.94. The molecule has 0 radical (unpaired) electrons. The van der Waals surface area contributed by atoms with Gasteiger partial charge in [0.2, 0.25) is 0 Å². The molecule has 1 atom stereocenters. The molecule has 0 aromatic heterocycles. The van der Waals surface area contributed by atoms with Crippen LogP contribution in [0.2, 0.25) is 0 Å².